The van der Waals surface area contributed by atoms with Crippen molar-refractivity contribution in [3.63, 3.8) is 0 Å². The summed E-state index contributed by atoms with van der Waals surface area (Å²) in [5, 5.41) is 10.2. The molecule has 2 aromatic carbocycles. The van der Waals surface area contributed by atoms with Crippen molar-refractivity contribution in [1.29, 1.82) is 0 Å². The highest BCUT2D eigenvalue weighted by molar-refractivity contribution is 7.99. The highest BCUT2D eigenvalue weighted by Gasteiger charge is 2.16. The van der Waals surface area contributed by atoms with Crippen LogP contribution in [0, 0.1) is 0 Å². The fourth-order valence-electron chi connectivity index (χ4n) is 2.31. The van der Waals surface area contributed by atoms with Crippen LogP contribution in [0.25, 0.3) is 0 Å². The Morgan fingerprint density at radius 1 is 0.850 bits per heavy atom. The van der Waals surface area contributed by atoms with Crippen molar-refractivity contribution in [3.05, 3.63) is 36.4 Å². The Balaban J connectivity index is 1.90. The van der Waals surface area contributed by atoms with E-state index in [-0.39, 0.29) is 0 Å². The number of anilines is 4. The highest BCUT2D eigenvalue weighted by Crippen LogP contribution is 2.45. The zero-order valence-corrected chi connectivity index (χ0v) is 12.6. The molecule has 2 aromatic rings. The van der Waals surface area contributed by atoms with Crippen LogP contribution in [0.15, 0.2) is 46.2 Å². The average Bonchev–Trinajstić information content (AvgIpc) is 2.46. The lowest BCUT2D eigenvalue weighted by molar-refractivity contribution is 1.19. The van der Waals surface area contributed by atoms with Gasteiger partial charge in [0.15, 0.2) is 0 Å². The lowest BCUT2D eigenvalue weighted by Crippen LogP contribution is -2.03. The average molecular weight is 285 g/mol. The Labute approximate surface area is 124 Å². The second-order valence-corrected chi connectivity index (χ2v) is 5.79. The predicted molar refractivity (Wildman–Crippen MR) is 88.6 cm³/mol. The fraction of sp³-hybridized carbons (Fsp3) is 0.250. The first-order valence-electron chi connectivity index (χ1n) is 7.01. The van der Waals surface area contributed by atoms with Crippen molar-refractivity contribution in [2.24, 2.45) is 0 Å². The molecule has 20 heavy (non-hydrogen) atoms. The SMILES string of the molecule is CCNc1ccc2c(c1)Sc1cc(NCC)ccc1N2. The molecular weight excluding hydrogens is 266 g/mol. The molecule has 3 rings (SSSR count). The van der Waals surface area contributed by atoms with Gasteiger partial charge >= 0.3 is 0 Å². The molecule has 3 N–H and O–H groups in total. The van der Waals surface area contributed by atoms with Crippen LogP contribution in [0.3, 0.4) is 0 Å². The number of benzene rings is 2. The first-order valence-corrected chi connectivity index (χ1v) is 7.82. The van der Waals surface area contributed by atoms with Crippen LogP contribution in [-0.2, 0) is 0 Å². The molecule has 3 nitrogen and oxygen atoms in total. The molecule has 1 heterocycles. The van der Waals surface area contributed by atoms with Crippen LogP contribution in [0.2, 0.25) is 0 Å². The van der Waals surface area contributed by atoms with Gasteiger partial charge in [-0.15, -0.1) is 0 Å². The van der Waals surface area contributed by atoms with E-state index in [2.05, 4.69) is 66.2 Å². The summed E-state index contributed by atoms with van der Waals surface area (Å²) >= 11 is 1.82. The van der Waals surface area contributed by atoms with E-state index in [0.717, 1.165) is 13.1 Å². The predicted octanol–water partition coefficient (Wildman–Crippen LogP) is 4.76. The third-order valence-electron chi connectivity index (χ3n) is 3.21. The lowest BCUT2D eigenvalue weighted by atomic mass is 10.2. The Morgan fingerprint density at radius 2 is 1.35 bits per heavy atom. The minimum atomic E-state index is 0.942. The number of hydrogen-bond acceptors (Lipinski definition) is 4. The number of rotatable bonds is 4. The quantitative estimate of drug-likeness (QED) is 0.646. The van der Waals surface area contributed by atoms with Crippen LogP contribution >= 0.6 is 11.8 Å². The molecular formula is C16H19N3S. The largest absolute Gasteiger partial charge is 0.385 e. The minimum Gasteiger partial charge on any atom is -0.385 e. The molecule has 1 aliphatic heterocycles. The third kappa shape index (κ3) is 2.56. The smallest absolute Gasteiger partial charge is 0.0527 e. The molecule has 0 atom stereocenters. The van der Waals surface area contributed by atoms with Gasteiger partial charge in [-0.05, 0) is 50.2 Å². The van der Waals surface area contributed by atoms with Crippen LogP contribution in [-0.4, -0.2) is 13.1 Å². The molecule has 4 heteroatoms. The molecule has 0 amide bonds. The molecule has 104 valence electrons. The molecule has 0 saturated heterocycles. The Kier molecular flexibility index (Phi) is 3.74. The minimum absolute atomic E-state index is 0.942. The molecule has 0 fully saturated rings. The van der Waals surface area contributed by atoms with E-state index >= 15 is 0 Å². The number of nitrogens with one attached hydrogen (secondary N) is 3. The molecule has 0 saturated carbocycles. The van der Waals surface area contributed by atoms with Crippen LogP contribution in [0.5, 0.6) is 0 Å². The topological polar surface area (TPSA) is 36.1 Å². The summed E-state index contributed by atoms with van der Waals surface area (Å²) in [6.07, 6.45) is 0. The van der Waals surface area contributed by atoms with Crippen molar-refractivity contribution in [1.82, 2.24) is 0 Å². The summed E-state index contributed by atoms with van der Waals surface area (Å²) in [5.74, 6) is 0. The van der Waals surface area contributed by atoms with E-state index in [1.165, 1.54) is 32.5 Å². The Hall–Kier alpha value is -1.81. The van der Waals surface area contributed by atoms with Gasteiger partial charge in [-0.3, -0.25) is 0 Å². The molecule has 0 unspecified atom stereocenters. The second kappa shape index (κ2) is 5.67. The maximum atomic E-state index is 3.50. The molecule has 0 aliphatic carbocycles. The van der Waals surface area contributed by atoms with E-state index in [1.807, 2.05) is 11.8 Å². The lowest BCUT2D eigenvalue weighted by Gasteiger charge is -2.22. The number of fused-ring (bicyclic) bond motifs is 2. The number of hydrogen-bond donors (Lipinski definition) is 3. The molecule has 0 bridgehead atoms. The van der Waals surface area contributed by atoms with E-state index in [0.29, 0.717) is 0 Å². The van der Waals surface area contributed by atoms with Crippen molar-refractivity contribution in [2.45, 2.75) is 23.6 Å². The van der Waals surface area contributed by atoms with Crippen molar-refractivity contribution in [2.75, 3.05) is 29.0 Å². The van der Waals surface area contributed by atoms with Gasteiger partial charge in [0.05, 0.1) is 11.4 Å². The summed E-state index contributed by atoms with van der Waals surface area (Å²) < 4.78 is 0. The second-order valence-electron chi connectivity index (χ2n) is 4.71. The van der Waals surface area contributed by atoms with Gasteiger partial charge in [-0.2, -0.15) is 0 Å². The Morgan fingerprint density at radius 3 is 1.80 bits per heavy atom. The van der Waals surface area contributed by atoms with Gasteiger partial charge < -0.3 is 16.0 Å². The van der Waals surface area contributed by atoms with Gasteiger partial charge in [0, 0.05) is 34.3 Å². The van der Waals surface area contributed by atoms with Crippen molar-refractivity contribution in [3.8, 4) is 0 Å². The standard InChI is InChI=1S/C16H19N3S/c1-3-17-11-5-7-13-15(9-11)20-16-10-12(18-4-2)6-8-14(16)19-13/h5-10,17-19H,3-4H2,1-2H3. The zero-order valence-electron chi connectivity index (χ0n) is 11.8. The normalized spacial score (nSPS) is 12.1. The molecule has 0 radical (unpaired) electrons. The summed E-state index contributed by atoms with van der Waals surface area (Å²) in [7, 11) is 0. The van der Waals surface area contributed by atoms with E-state index < -0.39 is 0 Å². The van der Waals surface area contributed by atoms with E-state index in [9.17, 15) is 0 Å². The summed E-state index contributed by atoms with van der Waals surface area (Å²) in [5.41, 5.74) is 4.71. The third-order valence-corrected chi connectivity index (χ3v) is 4.33. The first-order chi connectivity index (χ1) is 9.80. The van der Waals surface area contributed by atoms with Crippen LogP contribution < -0.4 is 16.0 Å². The van der Waals surface area contributed by atoms with Gasteiger partial charge in [-0.1, -0.05) is 11.8 Å². The molecule has 0 aromatic heterocycles. The van der Waals surface area contributed by atoms with E-state index in [1.54, 1.807) is 0 Å². The fourth-order valence-corrected chi connectivity index (χ4v) is 3.38. The van der Waals surface area contributed by atoms with Crippen LogP contribution in [0.4, 0.5) is 22.7 Å². The molecule has 0 spiro atoms. The van der Waals surface area contributed by atoms with Gasteiger partial charge in [0.2, 0.25) is 0 Å². The zero-order chi connectivity index (χ0) is 13.9. The Bertz CT molecular complexity index is 572. The summed E-state index contributed by atoms with van der Waals surface area (Å²) in [4.78, 5) is 2.54. The van der Waals surface area contributed by atoms with Gasteiger partial charge in [0.25, 0.3) is 0 Å². The van der Waals surface area contributed by atoms with Crippen LogP contribution in [0.1, 0.15) is 13.8 Å². The maximum absolute atomic E-state index is 3.50. The van der Waals surface area contributed by atoms with E-state index in [4.69, 9.17) is 0 Å². The van der Waals surface area contributed by atoms with Crippen molar-refractivity contribution >= 4 is 34.5 Å². The molecule has 1 aliphatic rings. The highest BCUT2D eigenvalue weighted by atomic mass is 32.2. The first kappa shape index (κ1) is 13.2. The summed E-state index contributed by atoms with van der Waals surface area (Å²) in [6, 6.07) is 12.9. The van der Waals surface area contributed by atoms with Gasteiger partial charge in [-0.25, -0.2) is 0 Å². The van der Waals surface area contributed by atoms with Gasteiger partial charge in [0.1, 0.15) is 0 Å². The monoisotopic (exact) mass is 285 g/mol. The summed E-state index contributed by atoms with van der Waals surface area (Å²) in [6.45, 7) is 6.11. The maximum Gasteiger partial charge on any atom is 0.0527 e. The van der Waals surface area contributed by atoms with Crippen molar-refractivity contribution < 1.29 is 0 Å².